The van der Waals surface area contributed by atoms with Gasteiger partial charge in [0.05, 0.1) is 6.61 Å². The van der Waals surface area contributed by atoms with E-state index in [1.54, 1.807) is 0 Å². The Morgan fingerprint density at radius 1 is 1.25 bits per heavy atom. The number of aliphatic hydroxyl groups is 3. The van der Waals surface area contributed by atoms with Crippen LogP contribution in [0, 0.1) is 0 Å². The first-order chi connectivity index (χ1) is 7.50. The van der Waals surface area contributed by atoms with Crippen LogP contribution >= 0.6 is 0 Å². The van der Waals surface area contributed by atoms with Crippen LogP contribution in [0.1, 0.15) is 6.92 Å². The largest absolute Gasteiger partial charge is 0.394 e. The first-order valence-electron chi connectivity index (χ1n) is 5.04. The topological polar surface area (TPSA) is 97.6 Å². The average Bonchev–Trinajstić information content (AvgIpc) is 2.62. The first kappa shape index (κ1) is 12.2. The SMILES string of the molecule is CO[C@@]1(C)O[C@H]2O[C@@H](CO)[C@H](O)[C@@H](O)[C@H]2O1. The van der Waals surface area contributed by atoms with Crippen molar-refractivity contribution in [2.75, 3.05) is 13.7 Å². The van der Waals surface area contributed by atoms with Crippen molar-refractivity contribution in [3.05, 3.63) is 0 Å². The van der Waals surface area contributed by atoms with Crippen molar-refractivity contribution in [1.29, 1.82) is 0 Å². The molecule has 0 aromatic carbocycles. The molecule has 16 heavy (non-hydrogen) atoms. The van der Waals surface area contributed by atoms with Crippen molar-refractivity contribution in [3.8, 4) is 0 Å². The zero-order valence-electron chi connectivity index (χ0n) is 9.07. The van der Waals surface area contributed by atoms with E-state index in [1.165, 1.54) is 14.0 Å². The number of aliphatic hydroxyl groups excluding tert-OH is 3. The first-order valence-corrected chi connectivity index (χ1v) is 5.04. The Kier molecular flexibility index (Phi) is 3.19. The molecule has 6 atom stereocenters. The van der Waals surface area contributed by atoms with Crippen molar-refractivity contribution in [1.82, 2.24) is 0 Å². The summed E-state index contributed by atoms with van der Waals surface area (Å²) in [5, 5.41) is 28.4. The summed E-state index contributed by atoms with van der Waals surface area (Å²) in [4.78, 5) is 0. The van der Waals surface area contributed by atoms with Gasteiger partial charge >= 0.3 is 0 Å². The quantitative estimate of drug-likeness (QED) is 0.518. The van der Waals surface area contributed by atoms with Gasteiger partial charge in [-0.05, 0) is 0 Å². The predicted octanol–water partition coefficient (Wildman–Crippen LogP) is -1.84. The lowest BCUT2D eigenvalue weighted by Crippen LogP contribution is -2.57. The Morgan fingerprint density at radius 3 is 2.50 bits per heavy atom. The molecule has 2 aliphatic heterocycles. The molecule has 7 nitrogen and oxygen atoms in total. The fourth-order valence-electron chi connectivity index (χ4n) is 1.86. The van der Waals surface area contributed by atoms with Gasteiger partial charge in [-0.3, -0.25) is 4.74 Å². The average molecular weight is 236 g/mol. The second kappa shape index (κ2) is 4.19. The van der Waals surface area contributed by atoms with E-state index in [2.05, 4.69) is 0 Å². The summed E-state index contributed by atoms with van der Waals surface area (Å²) in [6, 6.07) is 0. The molecule has 0 aromatic rings. The highest BCUT2D eigenvalue weighted by molar-refractivity contribution is 4.93. The van der Waals surface area contributed by atoms with E-state index >= 15 is 0 Å². The Balaban J connectivity index is 2.13. The van der Waals surface area contributed by atoms with E-state index in [1.807, 2.05) is 0 Å². The van der Waals surface area contributed by atoms with Crippen molar-refractivity contribution in [2.45, 2.75) is 43.6 Å². The molecule has 2 fully saturated rings. The highest BCUT2D eigenvalue weighted by Crippen LogP contribution is 2.36. The van der Waals surface area contributed by atoms with E-state index in [9.17, 15) is 10.2 Å². The van der Waals surface area contributed by atoms with Gasteiger partial charge in [-0.1, -0.05) is 0 Å². The molecular weight excluding hydrogens is 220 g/mol. The van der Waals surface area contributed by atoms with Gasteiger partial charge in [-0.25, -0.2) is 0 Å². The molecular formula is C9H16O7. The fourth-order valence-corrected chi connectivity index (χ4v) is 1.86. The van der Waals surface area contributed by atoms with Crippen molar-refractivity contribution in [2.24, 2.45) is 0 Å². The molecule has 2 heterocycles. The summed E-state index contributed by atoms with van der Waals surface area (Å²) in [7, 11) is 1.39. The van der Waals surface area contributed by atoms with Gasteiger partial charge in [-0.15, -0.1) is 0 Å². The monoisotopic (exact) mass is 236 g/mol. The third-order valence-corrected chi connectivity index (χ3v) is 2.88. The molecule has 3 N–H and O–H groups in total. The molecule has 2 rings (SSSR count). The van der Waals surface area contributed by atoms with Crippen molar-refractivity contribution >= 4 is 0 Å². The standard InChI is InChI=1S/C9H16O7/c1-9(13-2)15-7-6(12)5(11)4(3-10)14-8(7)16-9/h4-8,10-12H,3H2,1-2H3/t4-,5-,6+,7+,8+,9+/m0/s1. The highest BCUT2D eigenvalue weighted by atomic mass is 16.9. The summed E-state index contributed by atoms with van der Waals surface area (Å²) in [5.74, 6) is -1.31. The maximum absolute atomic E-state index is 9.78. The molecule has 2 saturated heterocycles. The van der Waals surface area contributed by atoms with Crippen LogP contribution < -0.4 is 0 Å². The fraction of sp³-hybridized carbons (Fsp3) is 1.00. The van der Waals surface area contributed by atoms with E-state index in [0.29, 0.717) is 0 Å². The van der Waals surface area contributed by atoms with Crippen LogP contribution in [0.4, 0.5) is 0 Å². The van der Waals surface area contributed by atoms with E-state index in [-0.39, 0.29) is 0 Å². The van der Waals surface area contributed by atoms with Gasteiger partial charge in [0.15, 0.2) is 6.29 Å². The van der Waals surface area contributed by atoms with Crippen LogP contribution in [0.5, 0.6) is 0 Å². The number of methoxy groups -OCH3 is 1. The maximum atomic E-state index is 9.78. The third-order valence-electron chi connectivity index (χ3n) is 2.88. The van der Waals surface area contributed by atoms with Crippen LogP contribution in [0.2, 0.25) is 0 Å². The molecule has 94 valence electrons. The molecule has 0 radical (unpaired) electrons. The number of hydrogen-bond acceptors (Lipinski definition) is 7. The molecule has 0 spiro atoms. The summed E-state index contributed by atoms with van der Waals surface area (Å²) < 4.78 is 20.8. The summed E-state index contributed by atoms with van der Waals surface area (Å²) in [6.45, 7) is 1.12. The van der Waals surface area contributed by atoms with Crippen molar-refractivity contribution < 1.29 is 34.3 Å². The lowest BCUT2D eigenvalue weighted by atomic mass is 9.99. The van der Waals surface area contributed by atoms with Crippen LogP contribution in [0.25, 0.3) is 0 Å². The Bertz CT molecular complexity index is 260. The lowest BCUT2D eigenvalue weighted by molar-refractivity contribution is -0.334. The van der Waals surface area contributed by atoms with Crippen LogP contribution in [-0.4, -0.2) is 65.7 Å². The Labute approximate surface area is 92.5 Å². The summed E-state index contributed by atoms with van der Waals surface area (Å²) in [6.07, 6.45) is -4.98. The van der Waals surface area contributed by atoms with Gasteiger partial charge in [0.2, 0.25) is 0 Å². The second-order valence-corrected chi connectivity index (χ2v) is 3.97. The van der Waals surface area contributed by atoms with Gasteiger partial charge in [0.1, 0.15) is 24.4 Å². The van der Waals surface area contributed by atoms with Crippen LogP contribution in [0.15, 0.2) is 0 Å². The lowest BCUT2D eigenvalue weighted by Gasteiger charge is -2.36. The molecule has 0 unspecified atom stereocenters. The van der Waals surface area contributed by atoms with Gasteiger partial charge in [0, 0.05) is 14.0 Å². The molecule has 0 aliphatic carbocycles. The molecule has 0 saturated carbocycles. The van der Waals surface area contributed by atoms with Crippen molar-refractivity contribution in [3.63, 3.8) is 0 Å². The van der Waals surface area contributed by atoms with E-state index in [4.69, 9.17) is 24.1 Å². The normalized spacial score (nSPS) is 52.7. The third kappa shape index (κ3) is 1.84. The molecule has 0 aromatic heterocycles. The Hall–Kier alpha value is -0.280. The van der Waals surface area contributed by atoms with E-state index < -0.39 is 43.3 Å². The van der Waals surface area contributed by atoms with Gasteiger partial charge < -0.3 is 29.5 Å². The number of rotatable bonds is 2. The minimum atomic E-state index is -1.31. The minimum Gasteiger partial charge on any atom is -0.394 e. The Morgan fingerprint density at radius 2 is 1.94 bits per heavy atom. The van der Waals surface area contributed by atoms with Gasteiger partial charge in [-0.2, -0.15) is 0 Å². The number of hydrogen-bond donors (Lipinski definition) is 3. The highest BCUT2D eigenvalue weighted by Gasteiger charge is 2.55. The molecule has 7 heteroatoms. The van der Waals surface area contributed by atoms with Crippen LogP contribution in [0.3, 0.4) is 0 Å². The zero-order chi connectivity index (χ0) is 11.9. The number of fused-ring (bicyclic) bond motifs is 1. The zero-order valence-corrected chi connectivity index (χ0v) is 9.07. The predicted molar refractivity (Wildman–Crippen MR) is 49.1 cm³/mol. The van der Waals surface area contributed by atoms with E-state index in [0.717, 1.165) is 0 Å². The number of ether oxygens (including phenoxy) is 4. The van der Waals surface area contributed by atoms with Crippen LogP contribution in [-0.2, 0) is 18.9 Å². The summed E-state index contributed by atoms with van der Waals surface area (Å²) >= 11 is 0. The molecule has 0 bridgehead atoms. The smallest absolute Gasteiger partial charge is 0.282 e. The molecule has 2 aliphatic rings. The summed E-state index contributed by atoms with van der Waals surface area (Å²) in [5.41, 5.74) is 0. The molecule has 0 amide bonds. The second-order valence-electron chi connectivity index (χ2n) is 3.97. The van der Waals surface area contributed by atoms with Gasteiger partial charge in [0.25, 0.3) is 5.97 Å². The maximum Gasteiger partial charge on any atom is 0.282 e. The minimum absolute atomic E-state index is 0.408.